The first-order valence-electron chi connectivity index (χ1n) is 5.59. The van der Waals surface area contributed by atoms with Gasteiger partial charge in [0.05, 0.1) is 24.2 Å². The average molecular weight is 250 g/mol. The summed E-state index contributed by atoms with van der Waals surface area (Å²) in [5.74, 6) is 0.977. The first-order valence-corrected chi connectivity index (χ1v) is 5.97. The summed E-state index contributed by atoms with van der Waals surface area (Å²) in [6.07, 6.45) is 0. The fourth-order valence-corrected chi connectivity index (χ4v) is 2.10. The Kier molecular flexibility index (Phi) is 2.82. The minimum atomic E-state index is 0.499. The van der Waals surface area contributed by atoms with Gasteiger partial charge in [-0.15, -0.1) is 0 Å². The van der Waals surface area contributed by atoms with Crippen molar-refractivity contribution in [3.63, 3.8) is 0 Å². The number of morpholine rings is 1. The molecule has 2 aromatic rings. The molecule has 1 aliphatic heterocycles. The van der Waals surface area contributed by atoms with E-state index in [0.29, 0.717) is 5.15 Å². The van der Waals surface area contributed by atoms with Crippen molar-refractivity contribution in [3.05, 3.63) is 29.4 Å². The van der Waals surface area contributed by atoms with E-state index in [2.05, 4.69) is 14.9 Å². The van der Waals surface area contributed by atoms with E-state index in [1.165, 1.54) is 0 Å². The smallest absolute Gasteiger partial charge is 0.129 e. The Morgan fingerprint density at radius 1 is 1.00 bits per heavy atom. The molecule has 5 heteroatoms. The number of pyridine rings is 2. The lowest BCUT2D eigenvalue weighted by Crippen LogP contribution is -2.36. The number of hydrogen-bond donors (Lipinski definition) is 0. The third-order valence-electron chi connectivity index (χ3n) is 2.83. The number of rotatable bonds is 1. The fourth-order valence-electron chi connectivity index (χ4n) is 1.94. The van der Waals surface area contributed by atoms with Gasteiger partial charge in [0.1, 0.15) is 11.0 Å². The third kappa shape index (κ3) is 2.18. The second kappa shape index (κ2) is 4.47. The van der Waals surface area contributed by atoms with Gasteiger partial charge in [-0.05, 0) is 24.3 Å². The van der Waals surface area contributed by atoms with Crippen molar-refractivity contribution in [2.75, 3.05) is 31.2 Å². The topological polar surface area (TPSA) is 38.2 Å². The van der Waals surface area contributed by atoms with E-state index in [9.17, 15) is 0 Å². The Morgan fingerprint density at radius 3 is 2.53 bits per heavy atom. The molecule has 0 unspecified atom stereocenters. The van der Waals surface area contributed by atoms with Gasteiger partial charge in [-0.3, -0.25) is 0 Å². The van der Waals surface area contributed by atoms with Crippen LogP contribution in [0.2, 0.25) is 5.15 Å². The molecule has 3 rings (SSSR count). The highest BCUT2D eigenvalue weighted by Crippen LogP contribution is 2.19. The Bertz CT molecular complexity index is 540. The molecule has 0 N–H and O–H groups in total. The molecule has 4 nitrogen and oxygen atoms in total. The minimum absolute atomic E-state index is 0.499. The van der Waals surface area contributed by atoms with Crippen molar-refractivity contribution in [2.45, 2.75) is 0 Å². The lowest BCUT2D eigenvalue weighted by Gasteiger charge is -2.27. The predicted molar refractivity (Wildman–Crippen MR) is 67.6 cm³/mol. The first kappa shape index (κ1) is 10.7. The normalized spacial score (nSPS) is 16.4. The lowest BCUT2D eigenvalue weighted by atomic mass is 10.3. The molecule has 17 heavy (non-hydrogen) atoms. The summed E-state index contributed by atoms with van der Waals surface area (Å²) >= 11 is 5.84. The van der Waals surface area contributed by atoms with Gasteiger partial charge in [0, 0.05) is 13.1 Å². The number of fused-ring (bicyclic) bond motifs is 1. The van der Waals surface area contributed by atoms with Crippen molar-refractivity contribution in [2.24, 2.45) is 0 Å². The monoisotopic (exact) mass is 249 g/mol. The first-order chi connectivity index (χ1) is 8.33. The maximum atomic E-state index is 5.84. The molecule has 3 heterocycles. The second-order valence-electron chi connectivity index (χ2n) is 3.94. The zero-order chi connectivity index (χ0) is 11.7. The van der Waals surface area contributed by atoms with Crippen molar-refractivity contribution in [1.82, 2.24) is 9.97 Å². The van der Waals surface area contributed by atoms with E-state index in [0.717, 1.165) is 43.2 Å². The number of anilines is 1. The molecule has 0 aromatic carbocycles. The van der Waals surface area contributed by atoms with Crippen molar-refractivity contribution < 1.29 is 4.74 Å². The molecule has 0 amide bonds. The summed E-state index contributed by atoms with van der Waals surface area (Å²) < 4.78 is 5.33. The Labute approximate surface area is 104 Å². The highest BCUT2D eigenvalue weighted by Gasteiger charge is 2.12. The molecule has 0 radical (unpaired) electrons. The van der Waals surface area contributed by atoms with E-state index < -0.39 is 0 Å². The lowest BCUT2D eigenvalue weighted by molar-refractivity contribution is 0.122. The minimum Gasteiger partial charge on any atom is -0.378 e. The van der Waals surface area contributed by atoms with Crippen molar-refractivity contribution in [1.29, 1.82) is 0 Å². The summed E-state index contributed by atoms with van der Waals surface area (Å²) in [7, 11) is 0. The second-order valence-corrected chi connectivity index (χ2v) is 4.33. The van der Waals surface area contributed by atoms with Gasteiger partial charge >= 0.3 is 0 Å². The van der Waals surface area contributed by atoms with Gasteiger partial charge in [-0.1, -0.05) is 11.6 Å². The summed E-state index contributed by atoms with van der Waals surface area (Å²) in [5.41, 5.74) is 1.70. The molecule has 0 bridgehead atoms. The van der Waals surface area contributed by atoms with E-state index in [1.54, 1.807) is 6.07 Å². The molecule has 0 saturated carbocycles. The number of halogens is 1. The van der Waals surface area contributed by atoms with Crippen LogP contribution in [-0.2, 0) is 4.74 Å². The zero-order valence-electron chi connectivity index (χ0n) is 9.27. The highest BCUT2D eigenvalue weighted by molar-refractivity contribution is 6.29. The van der Waals surface area contributed by atoms with E-state index in [1.807, 2.05) is 18.2 Å². The van der Waals surface area contributed by atoms with Crippen LogP contribution in [0.5, 0.6) is 0 Å². The highest BCUT2D eigenvalue weighted by atomic mass is 35.5. The fraction of sp³-hybridized carbons (Fsp3) is 0.333. The van der Waals surface area contributed by atoms with E-state index in [-0.39, 0.29) is 0 Å². The summed E-state index contributed by atoms with van der Waals surface area (Å²) in [5, 5.41) is 0.499. The van der Waals surface area contributed by atoms with Crippen molar-refractivity contribution in [3.8, 4) is 0 Å². The largest absolute Gasteiger partial charge is 0.378 e. The number of hydrogen-bond acceptors (Lipinski definition) is 4. The number of ether oxygens (including phenoxy) is 1. The molecule has 1 fully saturated rings. The predicted octanol–water partition coefficient (Wildman–Crippen LogP) is 2.12. The van der Waals surface area contributed by atoms with Gasteiger partial charge < -0.3 is 9.64 Å². The Hall–Kier alpha value is -1.39. The summed E-state index contributed by atoms with van der Waals surface area (Å²) in [6.45, 7) is 3.30. The standard InChI is InChI=1S/C12H12ClN3O/c13-11-3-1-10-9(14-11)2-4-12(15-10)16-5-7-17-8-6-16/h1-4H,5-8H2. The average Bonchev–Trinajstić information content (AvgIpc) is 2.39. The van der Waals surface area contributed by atoms with Crippen LogP contribution < -0.4 is 4.90 Å². The zero-order valence-corrected chi connectivity index (χ0v) is 10.0. The molecule has 0 spiro atoms. The Morgan fingerprint density at radius 2 is 1.71 bits per heavy atom. The van der Waals surface area contributed by atoms with Crippen LogP contribution in [0.4, 0.5) is 5.82 Å². The third-order valence-corrected chi connectivity index (χ3v) is 3.04. The molecule has 0 atom stereocenters. The van der Waals surface area contributed by atoms with Crippen molar-refractivity contribution >= 4 is 28.5 Å². The summed E-state index contributed by atoms with van der Waals surface area (Å²) in [6, 6.07) is 7.60. The molecule has 1 saturated heterocycles. The van der Waals surface area contributed by atoms with Gasteiger partial charge in [0.2, 0.25) is 0 Å². The van der Waals surface area contributed by atoms with Crippen LogP contribution in [0.15, 0.2) is 24.3 Å². The van der Waals surface area contributed by atoms with E-state index in [4.69, 9.17) is 16.3 Å². The van der Waals surface area contributed by atoms with Crippen LogP contribution in [0.3, 0.4) is 0 Å². The van der Waals surface area contributed by atoms with Crippen LogP contribution in [-0.4, -0.2) is 36.3 Å². The van der Waals surface area contributed by atoms with Crippen LogP contribution in [0, 0.1) is 0 Å². The van der Waals surface area contributed by atoms with Crippen LogP contribution in [0.25, 0.3) is 11.0 Å². The summed E-state index contributed by atoms with van der Waals surface area (Å²) in [4.78, 5) is 11.0. The molecular formula is C12H12ClN3O. The maximum Gasteiger partial charge on any atom is 0.129 e. The van der Waals surface area contributed by atoms with Crippen LogP contribution in [0.1, 0.15) is 0 Å². The number of aromatic nitrogens is 2. The maximum absolute atomic E-state index is 5.84. The van der Waals surface area contributed by atoms with Gasteiger partial charge in [0.15, 0.2) is 0 Å². The van der Waals surface area contributed by atoms with Gasteiger partial charge in [-0.25, -0.2) is 9.97 Å². The Balaban J connectivity index is 1.98. The number of nitrogens with zero attached hydrogens (tertiary/aromatic N) is 3. The van der Waals surface area contributed by atoms with Crippen LogP contribution >= 0.6 is 11.6 Å². The molecule has 2 aromatic heterocycles. The molecule has 88 valence electrons. The van der Waals surface area contributed by atoms with Gasteiger partial charge in [-0.2, -0.15) is 0 Å². The molecule has 0 aliphatic carbocycles. The van der Waals surface area contributed by atoms with E-state index >= 15 is 0 Å². The quantitative estimate of drug-likeness (QED) is 0.726. The molecular weight excluding hydrogens is 238 g/mol. The van der Waals surface area contributed by atoms with Gasteiger partial charge in [0.25, 0.3) is 0 Å². The molecule has 1 aliphatic rings. The SMILES string of the molecule is Clc1ccc2nc(N3CCOCC3)ccc2n1.